The molecular formula is C22H37FOS. The number of benzene rings is 1. The van der Waals surface area contributed by atoms with E-state index in [4.69, 9.17) is 4.74 Å². The van der Waals surface area contributed by atoms with Crippen LogP contribution in [0.4, 0.5) is 4.39 Å². The number of unbranched alkanes of at least 4 members (excludes halogenated alkanes) is 10. The van der Waals surface area contributed by atoms with Gasteiger partial charge in [0, 0.05) is 12.9 Å². The van der Waals surface area contributed by atoms with Crippen LogP contribution in [0.2, 0.25) is 0 Å². The van der Waals surface area contributed by atoms with E-state index in [2.05, 4.69) is 0 Å². The van der Waals surface area contributed by atoms with Crippen molar-refractivity contribution in [3.05, 3.63) is 35.6 Å². The van der Waals surface area contributed by atoms with Gasteiger partial charge < -0.3 is 4.74 Å². The Hall–Kier alpha value is -0.540. The summed E-state index contributed by atoms with van der Waals surface area (Å²) in [6.45, 7) is 0.886. The zero-order valence-electron chi connectivity index (χ0n) is 16.1. The molecule has 1 aromatic carbocycles. The average molecular weight is 369 g/mol. The van der Waals surface area contributed by atoms with Crippen LogP contribution in [-0.2, 0) is 11.2 Å². The summed E-state index contributed by atoms with van der Waals surface area (Å²) in [5.74, 6) is 2.30. The number of halogens is 1. The van der Waals surface area contributed by atoms with Crippen molar-refractivity contribution in [3.63, 3.8) is 0 Å². The fraction of sp³-hybridized carbons (Fsp3) is 0.727. The molecule has 0 fully saturated rings. The van der Waals surface area contributed by atoms with Crippen molar-refractivity contribution in [1.29, 1.82) is 0 Å². The normalized spacial score (nSPS) is 11.1. The molecule has 0 bridgehead atoms. The van der Waals surface area contributed by atoms with Gasteiger partial charge in [-0.05, 0) is 42.7 Å². The van der Waals surface area contributed by atoms with Crippen molar-refractivity contribution in [2.24, 2.45) is 0 Å². The lowest BCUT2D eigenvalue weighted by molar-refractivity contribution is 0.218. The third-order valence-corrected chi connectivity index (χ3v) is 5.63. The first-order valence-corrected chi connectivity index (χ1v) is 11.3. The van der Waals surface area contributed by atoms with Gasteiger partial charge in [-0.3, -0.25) is 0 Å². The zero-order valence-corrected chi connectivity index (χ0v) is 16.9. The van der Waals surface area contributed by atoms with Crippen LogP contribution in [0.25, 0.3) is 0 Å². The Balaban J connectivity index is 1.74. The summed E-state index contributed by atoms with van der Waals surface area (Å²) in [6.07, 6.45) is 16.1. The lowest BCUT2D eigenvalue weighted by atomic mass is 10.0. The maximum atomic E-state index is 12.8. The summed E-state index contributed by atoms with van der Waals surface area (Å²) >= 11 is 2.02. The number of hydrogen-bond donors (Lipinski definition) is 0. The fourth-order valence-corrected chi connectivity index (χ4v) is 3.92. The second kappa shape index (κ2) is 16.9. The van der Waals surface area contributed by atoms with Gasteiger partial charge in [-0.25, -0.2) is 4.39 Å². The Morgan fingerprint density at radius 1 is 0.720 bits per heavy atom. The molecule has 0 amide bonds. The maximum Gasteiger partial charge on any atom is 0.123 e. The minimum Gasteiger partial charge on any atom is -0.384 e. The Kier molecular flexibility index (Phi) is 15.2. The van der Waals surface area contributed by atoms with Crippen molar-refractivity contribution in [2.75, 3.05) is 25.2 Å². The van der Waals surface area contributed by atoms with E-state index in [1.807, 2.05) is 23.9 Å². The minimum atomic E-state index is -0.135. The number of hydrogen-bond acceptors (Lipinski definition) is 2. The number of rotatable bonds is 17. The lowest BCUT2D eigenvalue weighted by Gasteiger charge is -2.04. The van der Waals surface area contributed by atoms with E-state index in [9.17, 15) is 4.39 Å². The Morgan fingerprint density at radius 3 is 1.80 bits per heavy atom. The second-order valence-corrected chi connectivity index (χ2v) is 8.10. The van der Waals surface area contributed by atoms with Crippen molar-refractivity contribution in [3.8, 4) is 0 Å². The first-order chi connectivity index (χ1) is 12.3. The van der Waals surface area contributed by atoms with E-state index in [1.165, 1.54) is 81.9 Å². The molecule has 0 spiro atoms. The standard InChI is InChI=1S/C22H37FOS/c1-24-18-20-25-19-12-10-8-6-4-2-3-5-7-9-11-13-21-14-16-22(23)17-15-21/h14-17H,2-13,18-20H2,1H3. The third kappa shape index (κ3) is 14.3. The monoisotopic (exact) mass is 368 g/mol. The molecule has 0 saturated carbocycles. The van der Waals surface area contributed by atoms with E-state index in [0.717, 1.165) is 18.8 Å². The molecule has 0 unspecified atom stereocenters. The van der Waals surface area contributed by atoms with Gasteiger partial charge in [0.1, 0.15) is 5.82 Å². The molecular weight excluding hydrogens is 331 g/mol. The molecule has 1 aromatic rings. The molecule has 0 aliphatic heterocycles. The average Bonchev–Trinajstić information content (AvgIpc) is 2.63. The molecule has 0 N–H and O–H groups in total. The van der Waals surface area contributed by atoms with Gasteiger partial charge in [0.05, 0.1) is 6.61 Å². The van der Waals surface area contributed by atoms with Crippen LogP contribution in [0.15, 0.2) is 24.3 Å². The van der Waals surface area contributed by atoms with Crippen LogP contribution >= 0.6 is 11.8 Å². The first-order valence-electron chi connectivity index (χ1n) is 10.1. The van der Waals surface area contributed by atoms with Crippen LogP contribution in [-0.4, -0.2) is 25.2 Å². The van der Waals surface area contributed by atoms with Crippen LogP contribution in [0.3, 0.4) is 0 Å². The number of ether oxygens (including phenoxy) is 1. The quantitative estimate of drug-likeness (QED) is 0.273. The predicted molar refractivity (Wildman–Crippen MR) is 110 cm³/mol. The molecule has 3 heteroatoms. The van der Waals surface area contributed by atoms with E-state index >= 15 is 0 Å². The summed E-state index contributed by atoms with van der Waals surface area (Å²) in [5.41, 5.74) is 1.26. The van der Waals surface area contributed by atoms with Crippen molar-refractivity contribution < 1.29 is 9.13 Å². The molecule has 0 saturated heterocycles. The first kappa shape index (κ1) is 22.5. The Bertz CT molecular complexity index is 394. The second-order valence-electron chi connectivity index (χ2n) is 6.87. The summed E-state index contributed by atoms with van der Waals surface area (Å²) in [4.78, 5) is 0. The van der Waals surface area contributed by atoms with Crippen LogP contribution in [0.1, 0.15) is 76.2 Å². The van der Waals surface area contributed by atoms with E-state index in [-0.39, 0.29) is 5.82 Å². The molecule has 25 heavy (non-hydrogen) atoms. The number of thioether (sulfide) groups is 1. The van der Waals surface area contributed by atoms with E-state index < -0.39 is 0 Å². The smallest absolute Gasteiger partial charge is 0.123 e. The molecule has 0 aliphatic carbocycles. The van der Waals surface area contributed by atoms with Gasteiger partial charge in [-0.15, -0.1) is 0 Å². The molecule has 1 rings (SSSR count). The number of aryl methyl sites for hydroxylation is 1. The summed E-state index contributed by atoms with van der Waals surface area (Å²) < 4.78 is 17.9. The van der Waals surface area contributed by atoms with Crippen molar-refractivity contribution in [1.82, 2.24) is 0 Å². The largest absolute Gasteiger partial charge is 0.384 e. The lowest BCUT2D eigenvalue weighted by Crippen LogP contribution is -1.92. The molecule has 0 radical (unpaired) electrons. The van der Waals surface area contributed by atoms with Crippen LogP contribution < -0.4 is 0 Å². The molecule has 0 aliphatic rings. The topological polar surface area (TPSA) is 9.23 Å². The van der Waals surface area contributed by atoms with Gasteiger partial charge in [0.25, 0.3) is 0 Å². The molecule has 0 aromatic heterocycles. The molecule has 0 heterocycles. The summed E-state index contributed by atoms with van der Waals surface area (Å²) in [7, 11) is 1.77. The van der Waals surface area contributed by atoms with Crippen molar-refractivity contribution in [2.45, 2.75) is 77.0 Å². The highest BCUT2D eigenvalue weighted by Crippen LogP contribution is 2.14. The van der Waals surface area contributed by atoms with Gasteiger partial charge in [0.15, 0.2) is 0 Å². The highest BCUT2D eigenvalue weighted by Gasteiger charge is 1.96. The Morgan fingerprint density at radius 2 is 1.24 bits per heavy atom. The molecule has 0 atom stereocenters. The van der Waals surface area contributed by atoms with E-state index in [0.29, 0.717) is 0 Å². The van der Waals surface area contributed by atoms with Crippen molar-refractivity contribution >= 4 is 11.8 Å². The predicted octanol–water partition coefficient (Wildman–Crippen LogP) is 7.04. The van der Waals surface area contributed by atoms with Gasteiger partial charge in [-0.1, -0.05) is 69.9 Å². The Labute approximate surface area is 159 Å². The van der Waals surface area contributed by atoms with E-state index in [1.54, 1.807) is 19.2 Å². The SMILES string of the molecule is COCCSCCCCCCCCCCCCCc1ccc(F)cc1. The highest BCUT2D eigenvalue weighted by atomic mass is 32.2. The van der Waals surface area contributed by atoms with Gasteiger partial charge >= 0.3 is 0 Å². The third-order valence-electron chi connectivity index (χ3n) is 4.60. The van der Waals surface area contributed by atoms with Gasteiger partial charge in [-0.2, -0.15) is 11.8 Å². The van der Waals surface area contributed by atoms with Crippen LogP contribution in [0.5, 0.6) is 0 Å². The molecule has 1 nitrogen and oxygen atoms in total. The van der Waals surface area contributed by atoms with Crippen LogP contribution in [0, 0.1) is 5.82 Å². The maximum absolute atomic E-state index is 12.8. The molecule has 144 valence electrons. The summed E-state index contributed by atoms with van der Waals surface area (Å²) in [6, 6.07) is 6.95. The number of methoxy groups -OCH3 is 1. The minimum absolute atomic E-state index is 0.135. The summed E-state index contributed by atoms with van der Waals surface area (Å²) in [5, 5.41) is 0. The zero-order chi connectivity index (χ0) is 18.0. The fourth-order valence-electron chi connectivity index (χ4n) is 3.02. The van der Waals surface area contributed by atoms with Gasteiger partial charge in [0.2, 0.25) is 0 Å². The highest BCUT2D eigenvalue weighted by molar-refractivity contribution is 7.99.